The van der Waals surface area contributed by atoms with Crippen molar-refractivity contribution < 1.29 is 23.2 Å². The maximum atomic E-state index is 12.8. The number of rotatable bonds is 2. The van der Waals surface area contributed by atoms with Crippen LogP contribution in [0, 0.1) is 5.92 Å². The summed E-state index contributed by atoms with van der Waals surface area (Å²) in [6.45, 7) is 0. The Morgan fingerprint density at radius 3 is 2.36 bits per heavy atom. The molecule has 3 atom stereocenters. The molecule has 1 heterocycles. The molecule has 0 aromatic carbocycles. The Labute approximate surface area is 129 Å². The molecule has 0 aromatic heterocycles. The van der Waals surface area contributed by atoms with Crippen molar-refractivity contribution >= 4 is 21.8 Å². The number of carbonyl (C=O) groups is 2. The summed E-state index contributed by atoms with van der Waals surface area (Å²) in [6.07, 6.45) is 5.54. The summed E-state index contributed by atoms with van der Waals surface area (Å²) in [7, 11) is -3.22. The van der Waals surface area contributed by atoms with Crippen LogP contribution in [-0.2, 0) is 14.6 Å². The number of nitrogens with one attached hydrogen (secondary N) is 1. The van der Waals surface area contributed by atoms with Gasteiger partial charge in [-0.15, -0.1) is 5.06 Å². The number of hydrogen-bond donors (Lipinski definition) is 2. The number of hydrogen-bond acceptors (Lipinski definition) is 5. The highest BCUT2D eigenvalue weighted by molar-refractivity contribution is 7.92. The summed E-state index contributed by atoms with van der Waals surface area (Å²) in [4.78, 5) is 23.4. The van der Waals surface area contributed by atoms with E-state index in [2.05, 4.69) is 5.32 Å². The van der Waals surface area contributed by atoms with Crippen LogP contribution in [0.5, 0.6) is 0 Å². The van der Waals surface area contributed by atoms with Gasteiger partial charge in [-0.2, -0.15) is 0 Å². The Kier molecular flexibility index (Phi) is 4.15. The minimum absolute atomic E-state index is 0.108. The molecule has 2 saturated carbocycles. The zero-order valence-electron chi connectivity index (χ0n) is 12.4. The second kappa shape index (κ2) is 5.81. The zero-order valence-corrected chi connectivity index (χ0v) is 13.2. The van der Waals surface area contributed by atoms with Gasteiger partial charge in [0, 0.05) is 6.04 Å². The molecule has 7 nitrogen and oxygen atoms in total. The fraction of sp³-hybridized carbons (Fsp3) is 0.857. The van der Waals surface area contributed by atoms with Gasteiger partial charge >= 0.3 is 6.03 Å². The molecule has 1 saturated heterocycles. The highest BCUT2D eigenvalue weighted by Gasteiger charge is 2.47. The minimum atomic E-state index is -3.22. The molecular weight excluding hydrogens is 308 g/mol. The summed E-state index contributed by atoms with van der Waals surface area (Å²) < 4.78 is 25.6. The van der Waals surface area contributed by atoms with E-state index in [-0.39, 0.29) is 16.7 Å². The van der Waals surface area contributed by atoms with Crippen LogP contribution in [0.1, 0.15) is 51.4 Å². The first-order valence-electron chi connectivity index (χ1n) is 7.97. The average molecular weight is 330 g/mol. The van der Waals surface area contributed by atoms with Gasteiger partial charge in [-0.1, -0.05) is 19.3 Å². The topological polar surface area (TPSA) is 104 Å². The molecule has 22 heavy (non-hydrogen) atoms. The Hall–Kier alpha value is -1.15. The van der Waals surface area contributed by atoms with Crippen LogP contribution in [0.4, 0.5) is 4.79 Å². The monoisotopic (exact) mass is 330 g/mol. The number of imide groups is 1. The smallest absolute Gasteiger partial charge is 0.332 e. The number of nitrogens with zero attached hydrogens (tertiary/aromatic N) is 1. The number of hydroxylamine groups is 2. The number of urea groups is 1. The molecule has 0 spiro atoms. The summed E-state index contributed by atoms with van der Waals surface area (Å²) in [6, 6.07) is -1.34. The lowest BCUT2D eigenvalue weighted by molar-refractivity contribution is -0.163. The van der Waals surface area contributed by atoms with Crippen molar-refractivity contribution in [3.63, 3.8) is 0 Å². The molecule has 8 heteroatoms. The van der Waals surface area contributed by atoms with Gasteiger partial charge in [-0.05, 0) is 32.1 Å². The molecule has 0 radical (unpaired) electrons. The van der Waals surface area contributed by atoms with Crippen molar-refractivity contribution in [1.82, 2.24) is 10.4 Å². The van der Waals surface area contributed by atoms with Crippen LogP contribution in [0.2, 0.25) is 0 Å². The number of amides is 3. The second-order valence-corrected chi connectivity index (χ2v) is 9.11. The summed E-state index contributed by atoms with van der Waals surface area (Å²) >= 11 is 0. The molecule has 2 N–H and O–H groups in total. The molecule has 124 valence electrons. The largest absolute Gasteiger partial charge is 0.348 e. The van der Waals surface area contributed by atoms with Gasteiger partial charge in [0.05, 0.1) is 16.4 Å². The molecule has 3 amide bonds. The molecule has 3 rings (SSSR count). The van der Waals surface area contributed by atoms with Crippen molar-refractivity contribution in [2.75, 3.05) is 0 Å². The molecule has 0 aromatic rings. The lowest BCUT2D eigenvalue weighted by atomic mass is 9.82. The predicted octanol–water partition coefficient (Wildman–Crippen LogP) is 1.21. The van der Waals surface area contributed by atoms with E-state index in [1.807, 2.05) is 0 Å². The third kappa shape index (κ3) is 2.62. The van der Waals surface area contributed by atoms with Gasteiger partial charge in [0.25, 0.3) is 5.91 Å². The summed E-state index contributed by atoms with van der Waals surface area (Å²) in [5, 5.41) is 11.3. The maximum absolute atomic E-state index is 12.8. The Balaban J connectivity index is 1.73. The van der Waals surface area contributed by atoms with Crippen molar-refractivity contribution in [2.45, 2.75) is 67.9 Å². The highest BCUT2D eigenvalue weighted by atomic mass is 32.2. The van der Waals surface area contributed by atoms with E-state index in [0.29, 0.717) is 12.8 Å². The van der Waals surface area contributed by atoms with Gasteiger partial charge in [-0.3, -0.25) is 10.0 Å². The Morgan fingerprint density at radius 2 is 1.68 bits per heavy atom. The maximum Gasteiger partial charge on any atom is 0.348 e. The highest BCUT2D eigenvalue weighted by Crippen LogP contribution is 2.36. The fourth-order valence-corrected chi connectivity index (χ4v) is 6.50. The molecule has 2 aliphatic carbocycles. The number of fused-ring (bicyclic) bond motifs is 1. The van der Waals surface area contributed by atoms with Gasteiger partial charge in [-0.25, -0.2) is 13.2 Å². The van der Waals surface area contributed by atoms with E-state index >= 15 is 0 Å². The number of sulfone groups is 1. The van der Waals surface area contributed by atoms with Crippen LogP contribution < -0.4 is 5.32 Å². The summed E-state index contributed by atoms with van der Waals surface area (Å²) in [5.74, 6) is -1.14. The van der Waals surface area contributed by atoms with Crippen molar-refractivity contribution in [3.8, 4) is 0 Å². The van der Waals surface area contributed by atoms with E-state index in [0.717, 1.165) is 32.1 Å². The summed E-state index contributed by atoms with van der Waals surface area (Å²) in [5.41, 5.74) is 0. The Bertz CT molecular complexity index is 570. The van der Waals surface area contributed by atoms with Crippen molar-refractivity contribution in [2.24, 2.45) is 5.92 Å². The lowest BCUT2D eigenvalue weighted by Gasteiger charge is -2.41. The predicted molar refractivity (Wildman–Crippen MR) is 77.9 cm³/mol. The molecular formula is C14H22N2O5S. The Morgan fingerprint density at radius 1 is 1.00 bits per heavy atom. The number of carbonyl (C=O) groups excluding carboxylic acids is 2. The van der Waals surface area contributed by atoms with E-state index in [1.165, 1.54) is 0 Å². The van der Waals surface area contributed by atoms with Gasteiger partial charge in [0.15, 0.2) is 9.84 Å². The van der Waals surface area contributed by atoms with E-state index in [4.69, 9.17) is 0 Å². The van der Waals surface area contributed by atoms with Gasteiger partial charge in [0.2, 0.25) is 0 Å². The third-order valence-corrected chi connectivity index (χ3v) is 8.07. The third-order valence-electron chi connectivity index (χ3n) is 5.31. The first-order valence-corrected chi connectivity index (χ1v) is 9.58. The molecule has 3 fully saturated rings. The second-order valence-electron chi connectivity index (χ2n) is 6.60. The van der Waals surface area contributed by atoms with Gasteiger partial charge in [0.1, 0.15) is 0 Å². The average Bonchev–Trinajstić information content (AvgIpc) is 2.53. The normalized spacial score (nSPS) is 34.2. The SMILES string of the molecule is O=C1NC2CC(S(=O)(=O)C3CCCCC3)CCC2C(=O)N1O. The molecule has 3 unspecified atom stereocenters. The minimum Gasteiger partial charge on any atom is -0.332 e. The van der Waals surface area contributed by atoms with Crippen LogP contribution in [-0.4, -0.2) is 47.2 Å². The molecule has 3 aliphatic rings. The van der Waals surface area contributed by atoms with Crippen LogP contribution in [0.25, 0.3) is 0 Å². The van der Waals surface area contributed by atoms with E-state index < -0.39 is 39.0 Å². The molecule has 1 aliphatic heterocycles. The molecule has 0 bridgehead atoms. The quantitative estimate of drug-likeness (QED) is 0.741. The fourth-order valence-electron chi connectivity index (χ4n) is 4.03. The standard InChI is InChI=1S/C14H22N2O5S/c17-13-11-7-6-10(8-12(11)15-14(18)16(13)19)22(20,21)9-4-2-1-3-5-9/h9-12,19H,1-8H2,(H,15,18). The van der Waals surface area contributed by atoms with Crippen LogP contribution >= 0.6 is 0 Å². The van der Waals surface area contributed by atoms with Gasteiger partial charge < -0.3 is 5.32 Å². The first-order chi connectivity index (χ1) is 10.4. The van der Waals surface area contributed by atoms with Crippen molar-refractivity contribution in [1.29, 1.82) is 0 Å². The van der Waals surface area contributed by atoms with Crippen molar-refractivity contribution in [3.05, 3.63) is 0 Å². The van der Waals surface area contributed by atoms with Crippen LogP contribution in [0.3, 0.4) is 0 Å². The van der Waals surface area contributed by atoms with Crippen LogP contribution in [0.15, 0.2) is 0 Å². The van der Waals surface area contributed by atoms with E-state index in [9.17, 15) is 23.2 Å². The first kappa shape index (κ1) is 15.7. The lowest BCUT2D eigenvalue weighted by Crippen LogP contribution is -2.61. The van der Waals surface area contributed by atoms with E-state index in [1.54, 1.807) is 0 Å². The zero-order chi connectivity index (χ0) is 15.9.